The third-order valence-electron chi connectivity index (χ3n) is 5.19. The molecule has 2 atom stereocenters. The molecule has 3 aromatic rings. The number of rotatable bonds is 6. The second kappa shape index (κ2) is 9.04. The van der Waals surface area contributed by atoms with Crippen LogP contribution in [0.15, 0.2) is 60.0 Å². The molecule has 0 saturated carbocycles. The molecule has 0 bridgehead atoms. The van der Waals surface area contributed by atoms with Gasteiger partial charge in [-0.15, -0.1) is 11.3 Å². The Morgan fingerprint density at radius 2 is 1.84 bits per heavy atom. The number of hydrogen-bond donors (Lipinski definition) is 4. The van der Waals surface area contributed by atoms with Crippen molar-refractivity contribution in [1.29, 1.82) is 0 Å². The van der Waals surface area contributed by atoms with E-state index >= 15 is 0 Å². The topological polar surface area (TPSA) is 106 Å². The molecular formula is C22H26N3O4PS. The zero-order valence-electron chi connectivity index (χ0n) is 17.3. The number of nitrogens with two attached hydrogens (primary N) is 1. The molecule has 164 valence electrons. The average Bonchev–Trinajstić information content (AvgIpc) is 3.37. The Balaban J connectivity index is 1.39. The van der Waals surface area contributed by atoms with Crippen LogP contribution in [0, 0.1) is 0 Å². The predicted octanol–water partition coefficient (Wildman–Crippen LogP) is 4.57. The van der Waals surface area contributed by atoms with Gasteiger partial charge in [-0.05, 0) is 11.4 Å². The molecule has 31 heavy (non-hydrogen) atoms. The molecule has 1 aliphatic heterocycles. The van der Waals surface area contributed by atoms with Crippen molar-refractivity contribution in [2.45, 2.75) is 32.6 Å². The summed E-state index contributed by atoms with van der Waals surface area (Å²) < 4.78 is 11.1. The summed E-state index contributed by atoms with van der Waals surface area (Å²) >= 11 is 1.63. The van der Waals surface area contributed by atoms with Gasteiger partial charge in [0.2, 0.25) is 0 Å². The fourth-order valence-corrected chi connectivity index (χ4v) is 6.01. The quantitative estimate of drug-likeness (QED) is 0.318. The van der Waals surface area contributed by atoms with E-state index < -0.39 is 8.09 Å². The van der Waals surface area contributed by atoms with Crippen molar-refractivity contribution in [3.63, 3.8) is 0 Å². The molecule has 2 heterocycles. The van der Waals surface area contributed by atoms with Gasteiger partial charge in [0.25, 0.3) is 0 Å². The van der Waals surface area contributed by atoms with E-state index in [4.69, 9.17) is 14.8 Å². The molecule has 7 nitrogen and oxygen atoms in total. The van der Waals surface area contributed by atoms with Gasteiger partial charge in [0.15, 0.2) is 0 Å². The summed E-state index contributed by atoms with van der Waals surface area (Å²) in [5.41, 5.74) is 9.56. The number of nitrogens with one attached hydrogen (secondary N) is 2. The van der Waals surface area contributed by atoms with Crippen LogP contribution < -0.4 is 16.1 Å². The molecule has 9 heteroatoms. The van der Waals surface area contributed by atoms with Gasteiger partial charge in [0.1, 0.15) is 0 Å². The average molecular weight is 460 g/mol. The van der Waals surface area contributed by atoms with Crippen molar-refractivity contribution in [2.24, 2.45) is 0 Å². The molecule has 4 rings (SSSR count). The third-order valence-corrected chi connectivity index (χ3v) is 8.12. The molecule has 1 amide bonds. The van der Waals surface area contributed by atoms with Crippen molar-refractivity contribution in [3.05, 3.63) is 71.1 Å². The van der Waals surface area contributed by atoms with Crippen molar-refractivity contribution in [1.82, 2.24) is 5.09 Å². The molecule has 1 aliphatic rings. The van der Waals surface area contributed by atoms with Crippen LogP contribution in [0.25, 0.3) is 10.4 Å². The third kappa shape index (κ3) is 5.13. The summed E-state index contributed by atoms with van der Waals surface area (Å²) in [6, 6.07) is 16.7. The van der Waals surface area contributed by atoms with Crippen LogP contribution in [-0.4, -0.2) is 23.0 Å². The number of amides is 1. The summed E-state index contributed by atoms with van der Waals surface area (Å²) in [6.45, 7) is 4.11. The molecule has 1 aromatic heterocycles. The maximum absolute atomic E-state index is 12.7. The molecule has 0 spiro atoms. The standard InChI is InChI=1S/C22H26N3O4PS/c1-14-15(2)29-30(27,28-14)24-13-16-5-7-17(8-6-16)22(26)25-20-12-18(9-10-19(20)23)21-4-3-11-31-21/h3-12,14-15,24,27,30H,13,23H2,1-2H3,(H,25,26)/t14-,15-/m1/s1. The van der Waals surface area contributed by atoms with Crippen LogP contribution in [0.4, 0.5) is 11.4 Å². The summed E-state index contributed by atoms with van der Waals surface area (Å²) in [6.07, 6.45) is -0.304. The normalized spacial score (nSPS) is 21.0. The predicted molar refractivity (Wildman–Crippen MR) is 127 cm³/mol. The van der Waals surface area contributed by atoms with E-state index in [2.05, 4.69) is 10.4 Å². The van der Waals surface area contributed by atoms with E-state index in [1.165, 1.54) is 0 Å². The number of hydrogen-bond acceptors (Lipinski definition) is 7. The summed E-state index contributed by atoms with van der Waals surface area (Å²) in [5, 5.41) is 7.88. The number of anilines is 2. The molecule has 1 saturated heterocycles. The van der Waals surface area contributed by atoms with E-state index in [1.54, 1.807) is 29.5 Å². The first kappa shape index (κ1) is 21.9. The van der Waals surface area contributed by atoms with Gasteiger partial charge in [-0.1, -0.05) is 6.07 Å². The monoisotopic (exact) mass is 459 g/mol. The number of nitrogen functional groups attached to an aromatic ring is 1. The Bertz CT molecular complexity index is 1050. The van der Waals surface area contributed by atoms with Crippen molar-refractivity contribution < 1.29 is 18.7 Å². The Hall–Kier alpha value is -2.32. The number of carbonyl (C=O) groups excluding carboxylic acids is 1. The van der Waals surface area contributed by atoms with E-state index in [0.717, 1.165) is 16.0 Å². The molecule has 0 radical (unpaired) electrons. The van der Waals surface area contributed by atoms with E-state index in [-0.39, 0.29) is 18.1 Å². The zero-order chi connectivity index (χ0) is 22.0. The summed E-state index contributed by atoms with van der Waals surface area (Å²) in [4.78, 5) is 24.2. The van der Waals surface area contributed by atoms with Crippen LogP contribution in [0.3, 0.4) is 0 Å². The van der Waals surface area contributed by atoms with Gasteiger partial charge in [-0.25, -0.2) is 0 Å². The molecule has 1 fully saturated rings. The van der Waals surface area contributed by atoms with Crippen LogP contribution in [-0.2, 0) is 15.6 Å². The Morgan fingerprint density at radius 1 is 1.13 bits per heavy atom. The van der Waals surface area contributed by atoms with Gasteiger partial charge < -0.3 is 0 Å². The number of thiophene rings is 1. The van der Waals surface area contributed by atoms with Crippen molar-refractivity contribution in [2.75, 3.05) is 11.1 Å². The SMILES string of the molecule is C[C@H]1O[PH](O)(NCc2ccc(C(=O)Nc3cc(-c4cccs4)ccc3N)cc2)O[C@@H]1C. The minimum absolute atomic E-state index is 0.152. The maximum atomic E-state index is 12.7. The van der Waals surface area contributed by atoms with Crippen molar-refractivity contribution >= 4 is 36.7 Å². The first-order chi connectivity index (χ1) is 14.8. The van der Waals surface area contributed by atoms with Gasteiger partial charge in [-0.3, -0.25) is 0 Å². The van der Waals surface area contributed by atoms with Gasteiger partial charge >= 0.3 is 157 Å². The first-order valence-corrected chi connectivity index (χ1v) is 12.6. The Morgan fingerprint density at radius 3 is 2.48 bits per heavy atom. The van der Waals surface area contributed by atoms with Crippen LogP contribution in [0.2, 0.25) is 0 Å². The first-order valence-electron chi connectivity index (χ1n) is 10.00. The van der Waals surface area contributed by atoms with Crippen LogP contribution in [0.5, 0.6) is 0 Å². The molecular weight excluding hydrogens is 433 g/mol. The molecule has 2 aromatic carbocycles. The summed E-state index contributed by atoms with van der Waals surface area (Å²) in [7, 11) is -3.36. The fraction of sp³-hybridized carbons (Fsp3) is 0.227. The second-order valence-corrected chi connectivity index (χ2v) is 10.4. The minimum atomic E-state index is -3.36. The van der Waals surface area contributed by atoms with Crippen LogP contribution >= 0.6 is 19.4 Å². The van der Waals surface area contributed by atoms with E-state index in [1.807, 2.05) is 55.6 Å². The van der Waals surface area contributed by atoms with Gasteiger partial charge in [0, 0.05) is 0 Å². The van der Waals surface area contributed by atoms with Crippen molar-refractivity contribution in [3.8, 4) is 10.4 Å². The molecule has 5 N–H and O–H groups in total. The summed E-state index contributed by atoms with van der Waals surface area (Å²) in [5.74, 6) is -0.243. The van der Waals surface area contributed by atoms with Crippen LogP contribution in [0.1, 0.15) is 29.8 Å². The fourth-order valence-electron chi connectivity index (χ4n) is 3.25. The molecule has 0 aliphatic carbocycles. The van der Waals surface area contributed by atoms with Gasteiger partial charge in [-0.2, -0.15) is 0 Å². The zero-order valence-corrected chi connectivity index (χ0v) is 19.1. The Labute approximate surface area is 185 Å². The number of carbonyl (C=O) groups is 1. The Kier molecular flexibility index (Phi) is 6.39. The second-order valence-electron chi connectivity index (χ2n) is 7.51. The van der Waals surface area contributed by atoms with E-state index in [0.29, 0.717) is 23.5 Å². The van der Waals surface area contributed by atoms with E-state index in [9.17, 15) is 9.69 Å². The number of benzene rings is 2. The van der Waals surface area contributed by atoms with Gasteiger partial charge in [0.05, 0.1) is 0 Å². The molecule has 0 unspecified atom stereocenters.